The first-order valence-corrected chi connectivity index (χ1v) is 45.2. The van der Waals surface area contributed by atoms with Crippen molar-refractivity contribution in [2.24, 2.45) is 48.7 Å². The maximum atomic E-state index is 11.2. The minimum absolute atomic E-state index is 0.0334. The third-order valence-corrected chi connectivity index (χ3v) is 17.5. The van der Waals surface area contributed by atoms with Crippen LogP contribution in [-0.2, 0) is 63.8 Å². The molecule has 0 aliphatic heterocycles. The van der Waals surface area contributed by atoms with Gasteiger partial charge in [0.2, 0.25) is 0 Å². The largest absolute Gasteiger partial charge is 0.482 e. The summed E-state index contributed by atoms with van der Waals surface area (Å²) in [4.78, 5) is 104. The summed E-state index contributed by atoms with van der Waals surface area (Å²) < 4.78 is 14.9. The van der Waals surface area contributed by atoms with Gasteiger partial charge in [-0.3, -0.25) is 38.4 Å². The number of hydrogen-bond donors (Lipinski definition) is 10. The van der Waals surface area contributed by atoms with E-state index < -0.39 is 66.4 Å². The Morgan fingerprint density at radius 3 is 1.06 bits per heavy atom. The number of aliphatic hydroxyl groups excluding tert-OH is 2. The molecule has 10 N–H and O–H groups in total. The van der Waals surface area contributed by atoms with Crippen LogP contribution >= 0.6 is 0 Å². The van der Waals surface area contributed by atoms with Crippen LogP contribution in [0.3, 0.4) is 0 Å². The summed E-state index contributed by atoms with van der Waals surface area (Å²) in [5.41, 5.74) is 4.20. The summed E-state index contributed by atoms with van der Waals surface area (Å²) in [5, 5.41) is 85.8. The molecule has 0 saturated carbocycles. The van der Waals surface area contributed by atoms with Crippen molar-refractivity contribution in [1.29, 1.82) is 0 Å². The second-order valence-corrected chi connectivity index (χ2v) is 42.9. The molecule has 0 radical (unpaired) electrons. The fourth-order valence-electron chi connectivity index (χ4n) is 10.9. The standard InChI is InChI=1S/C13H18O3.C13H26O2.C11H22O4.C11H20O3.C11H22O2.C11H20O2.C10H20O3.C10H20O2.C9H18O2/c1-13(2,3)8-10-5-4-6-11(7-10)16-9-12(14)15;1-5-15-12(14)10-8-6-7-9-11-13(2,3)4;1-11(2,3)6-4-5-8(12)9(13)7-10(14)15;1-11(2,3)8-4-5-9(12)6-7-10(13)14;2*1-11(2,3)9-7-5-4-6-8-10(12)13;1-10(2,3)6-4-5-7-13-8-9(11)12;1-10(2,3)8-6-4-5-7-9(11)12;1-9(2,3)7-5-4-6-8(10)11/h4-7H,8-9H2,1-3H3,(H,14,15);5-11H2,1-4H3;8-9,12-13H,4-7H2,1-3H3,(H,14,15);4-8H2,1-3H3,(H,13,14);4-9H2,1-3H3,(H,12,13);4,6H,5,7-9H2,1-3H3,(H,12,13);4-8H2,1-3H3,(H,11,12);4-8H2,1-3H3,(H,11,12);4-7H2,1-3H3,(H,10,11)/b;;;;;6-4+;;;. The van der Waals surface area contributed by atoms with E-state index in [2.05, 4.69) is 187 Å². The van der Waals surface area contributed by atoms with Crippen LogP contribution in [0.4, 0.5) is 0 Å². The van der Waals surface area contributed by atoms with Crippen LogP contribution < -0.4 is 4.74 Å². The van der Waals surface area contributed by atoms with E-state index in [4.69, 9.17) is 55.1 Å². The number of Topliss-reactive ketones (excluding diaryl/α,β-unsaturated/α-hetero) is 1. The second-order valence-electron chi connectivity index (χ2n) is 42.9. The molecule has 0 fully saturated rings. The number of carbonyl (C=O) groups excluding carboxylic acids is 2. The van der Waals surface area contributed by atoms with Gasteiger partial charge >= 0.3 is 53.7 Å². The summed E-state index contributed by atoms with van der Waals surface area (Å²) in [6, 6.07) is 7.58. The number of aliphatic hydroxyl groups is 2. The van der Waals surface area contributed by atoms with Crippen LogP contribution in [0.15, 0.2) is 36.4 Å². The number of aliphatic carboxylic acids is 8. The lowest BCUT2D eigenvalue weighted by molar-refractivity contribution is -0.143. The minimum Gasteiger partial charge on any atom is -0.482 e. The van der Waals surface area contributed by atoms with E-state index in [1.54, 1.807) is 12.1 Å². The van der Waals surface area contributed by atoms with Gasteiger partial charge in [-0.15, -0.1) is 0 Å². The van der Waals surface area contributed by atoms with E-state index >= 15 is 0 Å². The third-order valence-electron chi connectivity index (χ3n) is 17.5. The molecule has 2 unspecified atom stereocenters. The Labute approximate surface area is 742 Å². The molecule has 0 aliphatic carbocycles. The number of benzene rings is 1. The van der Waals surface area contributed by atoms with Gasteiger partial charge in [-0.05, 0) is 189 Å². The molecule has 0 aromatic heterocycles. The number of carboxylic acids is 8. The summed E-state index contributed by atoms with van der Waals surface area (Å²) in [7, 11) is 0. The Bertz CT molecular complexity index is 2810. The van der Waals surface area contributed by atoms with Crippen molar-refractivity contribution < 1.29 is 113 Å². The van der Waals surface area contributed by atoms with E-state index in [0.29, 0.717) is 90.0 Å². The van der Waals surface area contributed by atoms with Crippen molar-refractivity contribution in [2.75, 3.05) is 26.4 Å². The molecule has 0 aliphatic rings. The summed E-state index contributed by atoms with van der Waals surface area (Å²) in [6.45, 7) is 61.6. The molecule has 23 heteroatoms. The number of unbranched alkanes of at least 4 members (excludes halogenated alkanes) is 11. The molecular formula is C99H186O23. The third kappa shape index (κ3) is 142. The van der Waals surface area contributed by atoms with Crippen LogP contribution in [-0.4, -0.2) is 149 Å². The van der Waals surface area contributed by atoms with Crippen LogP contribution in [0.2, 0.25) is 0 Å². The molecule has 0 bridgehead atoms. The number of ketones is 1. The molecule has 720 valence electrons. The minimum atomic E-state index is -1.15. The summed E-state index contributed by atoms with van der Waals surface area (Å²) in [6.07, 6.45) is 33.7. The quantitative estimate of drug-likeness (QED) is 0.0165. The Morgan fingerprint density at radius 1 is 0.336 bits per heavy atom. The zero-order valence-electron chi connectivity index (χ0n) is 82.6. The van der Waals surface area contributed by atoms with E-state index in [1.807, 2.05) is 31.2 Å². The first-order chi connectivity index (χ1) is 55.4. The van der Waals surface area contributed by atoms with E-state index in [9.17, 15) is 58.2 Å². The Morgan fingerprint density at radius 2 is 0.689 bits per heavy atom. The molecule has 0 saturated heterocycles. The lowest BCUT2D eigenvalue weighted by Gasteiger charge is -2.20. The Balaban J connectivity index is -0.000000200. The fourth-order valence-corrected chi connectivity index (χ4v) is 10.9. The van der Waals surface area contributed by atoms with E-state index in [-0.39, 0.29) is 60.5 Å². The van der Waals surface area contributed by atoms with Gasteiger partial charge < -0.3 is 65.3 Å². The highest BCUT2D eigenvalue weighted by Crippen LogP contribution is 2.29. The maximum absolute atomic E-state index is 11.2. The Kier molecular flexibility index (Phi) is 80.3. The second kappa shape index (κ2) is 74.8. The lowest BCUT2D eigenvalue weighted by Crippen LogP contribution is -2.28. The van der Waals surface area contributed by atoms with Gasteiger partial charge in [-0.25, -0.2) is 9.59 Å². The average molecular weight is 1740 g/mol. The predicted octanol–water partition coefficient (Wildman–Crippen LogP) is 25.5. The smallest absolute Gasteiger partial charge is 0.341 e. The normalized spacial score (nSPS) is 12.1. The molecular weight excluding hydrogens is 1560 g/mol. The van der Waals surface area contributed by atoms with Gasteiger partial charge in [-0.2, -0.15) is 0 Å². The van der Waals surface area contributed by atoms with Crippen molar-refractivity contribution in [1.82, 2.24) is 0 Å². The molecule has 23 nitrogen and oxygen atoms in total. The highest BCUT2D eigenvalue weighted by Gasteiger charge is 2.22. The molecule has 0 heterocycles. The predicted molar refractivity (Wildman–Crippen MR) is 496 cm³/mol. The molecule has 1 aromatic carbocycles. The van der Waals surface area contributed by atoms with Crippen LogP contribution in [0.25, 0.3) is 0 Å². The first-order valence-electron chi connectivity index (χ1n) is 45.2. The number of allylic oxidation sites excluding steroid dienone is 1. The van der Waals surface area contributed by atoms with E-state index in [1.165, 1.54) is 51.4 Å². The lowest BCUT2D eigenvalue weighted by atomic mass is 9.88. The van der Waals surface area contributed by atoms with Crippen molar-refractivity contribution >= 4 is 59.5 Å². The zero-order chi connectivity index (χ0) is 96.6. The van der Waals surface area contributed by atoms with Gasteiger partial charge in [-0.1, -0.05) is 282 Å². The van der Waals surface area contributed by atoms with Gasteiger partial charge in [0.05, 0.1) is 38.1 Å². The van der Waals surface area contributed by atoms with Crippen LogP contribution in [0, 0.1) is 48.7 Å². The van der Waals surface area contributed by atoms with Crippen molar-refractivity contribution in [3.63, 3.8) is 0 Å². The highest BCUT2D eigenvalue weighted by molar-refractivity contribution is 5.82. The number of hydrogen-bond acceptors (Lipinski definition) is 15. The van der Waals surface area contributed by atoms with Crippen LogP contribution in [0.5, 0.6) is 5.75 Å². The summed E-state index contributed by atoms with van der Waals surface area (Å²) in [5.74, 6) is -5.98. The van der Waals surface area contributed by atoms with Gasteiger partial charge in [0.1, 0.15) is 18.1 Å². The average Bonchev–Trinajstić information content (AvgIpc) is 0.891. The van der Waals surface area contributed by atoms with Crippen LogP contribution in [0.1, 0.15) is 437 Å². The fraction of sp³-hybridized carbons (Fsp3) is 0.818. The van der Waals surface area contributed by atoms with Crippen molar-refractivity contribution in [2.45, 2.75) is 450 Å². The van der Waals surface area contributed by atoms with Gasteiger partial charge in [0.25, 0.3) is 0 Å². The molecule has 1 rings (SSSR count). The topological polar surface area (TPSA) is 401 Å². The molecule has 0 spiro atoms. The molecule has 122 heavy (non-hydrogen) atoms. The summed E-state index contributed by atoms with van der Waals surface area (Å²) >= 11 is 0. The number of carbonyl (C=O) groups is 10. The molecule has 1 aromatic rings. The molecule has 0 amide bonds. The number of carboxylic acid groups (broad SMARTS) is 8. The monoisotopic (exact) mass is 1740 g/mol. The van der Waals surface area contributed by atoms with Crippen molar-refractivity contribution in [3.8, 4) is 5.75 Å². The SMILES string of the molecule is CC(C)(C)CCC/C=C/CC(=O)O.CC(C)(C)CCCC(=O)CCC(=O)O.CC(C)(C)CCCC(O)C(O)CC(=O)O.CC(C)(C)CCCCC(=O)O.CC(C)(C)CCCCCC(=O)O.CC(C)(C)CCCCCCC(=O)O.CC(C)(C)CCCCOCC(=O)O.CC(C)(C)Cc1cccc(OCC(=O)O)c1.CCOC(=O)CCCCCCC(C)(C)C. The highest BCUT2D eigenvalue weighted by atomic mass is 16.5. The number of ether oxygens (including phenoxy) is 3. The van der Waals surface area contributed by atoms with Gasteiger partial charge in [0, 0.05) is 45.1 Å². The number of esters is 1. The maximum Gasteiger partial charge on any atom is 0.341 e. The number of rotatable bonds is 49. The zero-order valence-corrected chi connectivity index (χ0v) is 82.6. The molecule has 2 atom stereocenters. The van der Waals surface area contributed by atoms with Crippen molar-refractivity contribution in [3.05, 3.63) is 42.0 Å². The Hall–Kier alpha value is -6.46. The first kappa shape index (κ1) is 131. The van der Waals surface area contributed by atoms with E-state index in [0.717, 1.165) is 134 Å². The van der Waals surface area contributed by atoms with Gasteiger partial charge in [0.15, 0.2) is 6.61 Å².